The largest absolute Gasteiger partial charge is 0.379 e. The van der Waals surface area contributed by atoms with Crippen molar-refractivity contribution in [3.05, 3.63) is 0 Å². The predicted molar refractivity (Wildman–Crippen MR) is 175 cm³/mol. The predicted octanol–water partition coefficient (Wildman–Crippen LogP) is -1.22. The van der Waals surface area contributed by atoms with Crippen LogP contribution in [0.1, 0.15) is 70.6 Å². The van der Waals surface area contributed by atoms with Crippen LogP contribution >= 0.6 is 0 Å². The lowest BCUT2D eigenvalue weighted by atomic mass is 9.93. The molecule has 43 heavy (non-hydrogen) atoms. The monoisotopic (exact) mass is 616 g/mol. The second kappa shape index (κ2) is 30.2. The van der Waals surface area contributed by atoms with Crippen LogP contribution < -0.4 is 47.9 Å². The summed E-state index contributed by atoms with van der Waals surface area (Å²) in [5.41, 5.74) is -2.11. The maximum absolute atomic E-state index is 13.0. The van der Waals surface area contributed by atoms with Crippen molar-refractivity contribution in [3.8, 4) is 0 Å². The average molecular weight is 616 g/mol. The molecule has 0 aliphatic heterocycles. The van der Waals surface area contributed by atoms with Crippen molar-refractivity contribution in [2.24, 2.45) is 0 Å². The van der Waals surface area contributed by atoms with Gasteiger partial charge < -0.3 is 53.0 Å². The number of aliphatic hydroxyl groups is 1. The fraction of sp³-hybridized carbons (Fsp3) is 0.900. The van der Waals surface area contributed by atoms with Gasteiger partial charge in [-0.3, -0.25) is 14.4 Å². The van der Waals surface area contributed by atoms with Crippen molar-refractivity contribution in [1.82, 2.24) is 47.9 Å². The average Bonchev–Trinajstić information content (AvgIpc) is 2.98. The summed E-state index contributed by atoms with van der Waals surface area (Å²) in [4.78, 5) is 38.4. The Labute approximate surface area is 261 Å². The van der Waals surface area contributed by atoms with Crippen LogP contribution in [-0.4, -0.2) is 128 Å². The Morgan fingerprint density at radius 3 is 1.09 bits per heavy atom. The number of unbranched alkanes of at least 4 members (excludes halogenated alkanes) is 3. The molecule has 0 aromatic carbocycles. The molecule has 3 amide bonds. The van der Waals surface area contributed by atoms with Gasteiger partial charge in [-0.2, -0.15) is 0 Å². The first-order valence-electron chi connectivity index (χ1n) is 16.5. The third kappa shape index (κ3) is 26.3. The Morgan fingerprint density at radius 1 is 0.442 bits per heavy atom. The van der Waals surface area contributed by atoms with Gasteiger partial charge in [0.25, 0.3) is 5.91 Å². The number of rotatable bonds is 32. The SMILES string of the molecule is CNCCCNCCCCNC(=O)CC(O)(CC(=O)NCCCCNCCCNC)C(=O)NCCCCNCCCNC. The molecule has 0 aliphatic carbocycles. The molecule has 0 atom stereocenters. The molecule has 0 radical (unpaired) electrons. The zero-order valence-corrected chi connectivity index (χ0v) is 27.4. The van der Waals surface area contributed by atoms with E-state index in [1.807, 2.05) is 21.1 Å². The lowest BCUT2D eigenvalue weighted by Gasteiger charge is -2.26. The van der Waals surface area contributed by atoms with E-state index in [4.69, 9.17) is 0 Å². The molecule has 0 unspecified atom stereocenters. The van der Waals surface area contributed by atoms with Crippen LogP contribution in [0.5, 0.6) is 0 Å². The summed E-state index contributed by atoms with van der Waals surface area (Å²) < 4.78 is 0. The van der Waals surface area contributed by atoms with E-state index in [9.17, 15) is 19.5 Å². The van der Waals surface area contributed by atoms with Gasteiger partial charge in [-0.25, -0.2) is 0 Å². The van der Waals surface area contributed by atoms with Crippen LogP contribution in [0.15, 0.2) is 0 Å². The van der Waals surface area contributed by atoms with Crippen molar-refractivity contribution in [2.75, 3.05) is 99.7 Å². The minimum absolute atomic E-state index is 0.366. The second-order valence-corrected chi connectivity index (χ2v) is 11.1. The highest BCUT2D eigenvalue weighted by Crippen LogP contribution is 2.16. The third-order valence-corrected chi connectivity index (χ3v) is 6.94. The van der Waals surface area contributed by atoms with Crippen molar-refractivity contribution in [1.29, 1.82) is 0 Å². The highest BCUT2D eigenvalue weighted by Gasteiger charge is 2.40. The first-order valence-corrected chi connectivity index (χ1v) is 16.5. The summed E-state index contributed by atoms with van der Waals surface area (Å²) in [5.74, 6) is -1.57. The minimum Gasteiger partial charge on any atom is -0.379 e. The number of nitrogens with one attached hydrogen (secondary N) is 9. The van der Waals surface area contributed by atoms with Crippen LogP contribution in [0, 0.1) is 0 Å². The smallest absolute Gasteiger partial charge is 0.253 e. The number of hydrogen-bond donors (Lipinski definition) is 10. The third-order valence-electron chi connectivity index (χ3n) is 6.94. The van der Waals surface area contributed by atoms with Crippen LogP contribution in [0.2, 0.25) is 0 Å². The second-order valence-electron chi connectivity index (χ2n) is 11.1. The normalized spacial score (nSPS) is 11.4. The summed E-state index contributed by atoms with van der Waals surface area (Å²) in [6.45, 7) is 9.56. The van der Waals surface area contributed by atoms with E-state index in [1.54, 1.807) is 0 Å². The van der Waals surface area contributed by atoms with E-state index in [0.29, 0.717) is 19.6 Å². The molecular weight excluding hydrogens is 550 g/mol. The zero-order valence-electron chi connectivity index (χ0n) is 27.4. The molecule has 0 spiro atoms. The van der Waals surface area contributed by atoms with E-state index in [1.165, 1.54) is 0 Å². The Morgan fingerprint density at radius 2 is 0.744 bits per heavy atom. The van der Waals surface area contributed by atoms with Gasteiger partial charge in [0.1, 0.15) is 0 Å². The van der Waals surface area contributed by atoms with Gasteiger partial charge in [0.05, 0.1) is 12.8 Å². The minimum atomic E-state index is -2.11. The number of carbonyl (C=O) groups is 3. The summed E-state index contributed by atoms with van der Waals surface area (Å²) in [5, 5.41) is 39.0. The number of hydrogen-bond acceptors (Lipinski definition) is 10. The summed E-state index contributed by atoms with van der Waals surface area (Å²) in [6.07, 6.45) is 7.22. The maximum Gasteiger partial charge on any atom is 0.253 e. The first-order chi connectivity index (χ1) is 20.9. The van der Waals surface area contributed by atoms with Gasteiger partial charge in [0.2, 0.25) is 11.8 Å². The lowest BCUT2D eigenvalue weighted by molar-refractivity contribution is -0.149. The van der Waals surface area contributed by atoms with Crippen LogP contribution in [0.25, 0.3) is 0 Å². The van der Waals surface area contributed by atoms with E-state index in [2.05, 4.69) is 47.9 Å². The van der Waals surface area contributed by atoms with E-state index in [-0.39, 0.29) is 0 Å². The molecule has 0 saturated carbocycles. The van der Waals surface area contributed by atoms with Crippen molar-refractivity contribution >= 4 is 17.7 Å². The summed E-state index contributed by atoms with van der Waals surface area (Å²) in [6, 6.07) is 0. The Hall–Kier alpha value is -1.87. The molecule has 0 saturated heterocycles. The van der Waals surface area contributed by atoms with Gasteiger partial charge in [0, 0.05) is 19.6 Å². The van der Waals surface area contributed by atoms with E-state index in [0.717, 1.165) is 117 Å². The van der Waals surface area contributed by atoms with Gasteiger partial charge in [-0.1, -0.05) is 0 Å². The van der Waals surface area contributed by atoms with Gasteiger partial charge in [0.15, 0.2) is 5.60 Å². The maximum atomic E-state index is 13.0. The molecule has 0 aliphatic rings. The zero-order chi connectivity index (χ0) is 31.9. The van der Waals surface area contributed by atoms with Crippen LogP contribution in [-0.2, 0) is 14.4 Å². The Balaban J connectivity index is 4.58. The van der Waals surface area contributed by atoms with Gasteiger partial charge in [-0.15, -0.1) is 0 Å². The van der Waals surface area contributed by atoms with Crippen molar-refractivity contribution in [3.63, 3.8) is 0 Å². The molecule has 10 N–H and O–H groups in total. The fourth-order valence-corrected chi connectivity index (χ4v) is 4.37. The quantitative estimate of drug-likeness (QED) is 0.0413. The highest BCUT2D eigenvalue weighted by molar-refractivity contribution is 5.95. The molecule has 0 rings (SSSR count). The van der Waals surface area contributed by atoms with Crippen molar-refractivity contribution < 1.29 is 19.5 Å². The highest BCUT2D eigenvalue weighted by atomic mass is 16.3. The Bertz CT molecular complexity index is 650. The standard InChI is InChI=1S/C30H65N9O4/c1-31-13-10-19-34-16-4-7-22-37-27(40)25-30(43,29(42)39-24-9-6-18-36-21-12-15-33-3)26-28(41)38-23-8-5-17-35-20-11-14-32-2/h31-36,43H,4-26H2,1-3H3,(H,37,40)(H,38,41)(H,39,42). The number of amides is 3. The van der Waals surface area contributed by atoms with E-state index >= 15 is 0 Å². The molecular formula is C30H65N9O4. The van der Waals surface area contributed by atoms with Crippen LogP contribution in [0.4, 0.5) is 0 Å². The van der Waals surface area contributed by atoms with E-state index < -0.39 is 36.2 Å². The van der Waals surface area contributed by atoms with Gasteiger partial charge in [-0.05, 0) is 138 Å². The molecule has 0 aromatic rings. The molecule has 254 valence electrons. The molecule has 0 bridgehead atoms. The summed E-state index contributed by atoms with van der Waals surface area (Å²) in [7, 11) is 5.79. The number of carbonyl (C=O) groups excluding carboxylic acids is 3. The lowest BCUT2D eigenvalue weighted by Crippen LogP contribution is -2.52. The molecule has 0 aromatic heterocycles. The van der Waals surface area contributed by atoms with Crippen LogP contribution in [0.3, 0.4) is 0 Å². The Kier molecular flexibility index (Phi) is 28.9. The molecule has 0 heterocycles. The topological polar surface area (TPSA) is 180 Å². The fourth-order valence-electron chi connectivity index (χ4n) is 4.37. The molecule has 13 nitrogen and oxygen atoms in total. The van der Waals surface area contributed by atoms with Crippen molar-refractivity contribution in [2.45, 2.75) is 76.2 Å². The first kappa shape index (κ1) is 41.1. The van der Waals surface area contributed by atoms with Gasteiger partial charge >= 0.3 is 0 Å². The summed E-state index contributed by atoms with van der Waals surface area (Å²) >= 11 is 0. The molecule has 0 fully saturated rings. The molecule has 13 heteroatoms.